The van der Waals surface area contributed by atoms with Crippen LogP contribution in [0.25, 0.3) is 0 Å². The van der Waals surface area contributed by atoms with Gasteiger partial charge < -0.3 is 9.84 Å². The third kappa shape index (κ3) is 4.03. The van der Waals surface area contributed by atoms with Crippen LogP contribution >= 0.6 is 0 Å². The molecule has 118 valence electrons. The van der Waals surface area contributed by atoms with Crippen LogP contribution in [-0.4, -0.2) is 43.1 Å². The van der Waals surface area contributed by atoms with Crippen molar-refractivity contribution in [2.75, 3.05) is 13.1 Å². The first-order valence-corrected chi connectivity index (χ1v) is 8.98. The Morgan fingerprint density at radius 2 is 2.19 bits per heavy atom. The molecule has 2 N–H and O–H groups in total. The fourth-order valence-electron chi connectivity index (χ4n) is 2.66. The average Bonchev–Trinajstić information content (AvgIpc) is 3.17. The monoisotopic (exact) mass is 314 g/mol. The summed E-state index contributed by atoms with van der Waals surface area (Å²) in [4.78, 5) is 0. The summed E-state index contributed by atoms with van der Waals surface area (Å²) in [5.41, 5.74) is 0. The zero-order valence-corrected chi connectivity index (χ0v) is 12.8. The third-order valence-corrected chi connectivity index (χ3v) is 5.63. The molecule has 1 aromatic heterocycles. The molecular weight excluding hydrogens is 292 g/mol. The van der Waals surface area contributed by atoms with Crippen LogP contribution in [-0.2, 0) is 16.8 Å². The van der Waals surface area contributed by atoms with E-state index in [4.69, 9.17) is 4.52 Å². The third-order valence-electron chi connectivity index (χ3n) is 4.02. The lowest BCUT2D eigenvalue weighted by Gasteiger charge is -2.34. The fourth-order valence-corrected chi connectivity index (χ4v) is 4.10. The van der Waals surface area contributed by atoms with Gasteiger partial charge in [-0.3, -0.25) is 0 Å². The largest absolute Gasteiger partial charge is 0.360 e. The highest BCUT2D eigenvalue weighted by atomic mass is 32.2. The molecule has 0 spiro atoms. The molecule has 1 aliphatic heterocycles. The second-order valence-corrected chi connectivity index (χ2v) is 7.46. The van der Waals surface area contributed by atoms with Gasteiger partial charge in [-0.05, 0) is 25.7 Å². The van der Waals surface area contributed by atoms with E-state index in [-0.39, 0.29) is 12.6 Å². The molecule has 0 bridgehead atoms. The Hall–Kier alpha value is -0.960. The summed E-state index contributed by atoms with van der Waals surface area (Å²) in [6.45, 7) is 1.47. The Morgan fingerprint density at radius 1 is 1.33 bits per heavy atom. The van der Waals surface area contributed by atoms with E-state index < -0.39 is 10.2 Å². The molecule has 3 rings (SSSR count). The van der Waals surface area contributed by atoms with Crippen molar-refractivity contribution in [1.82, 2.24) is 19.5 Å². The molecule has 2 aliphatic rings. The maximum absolute atomic E-state index is 12.5. The Bertz CT molecular complexity index is 542. The molecule has 21 heavy (non-hydrogen) atoms. The van der Waals surface area contributed by atoms with Gasteiger partial charge in [0.15, 0.2) is 5.76 Å². The van der Waals surface area contributed by atoms with Gasteiger partial charge in [-0.1, -0.05) is 11.6 Å². The predicted molar refractivity (Wildman–Crippen MR) is 77.6 cm³/mol. The smallest absolute Gasteiger partial charge is 0.280 e. The number of piperidine rings is 1. The predicted octanol–water partition coefficient (Wildman–Crippen LogP) is 0.615. The van der Waals surface area contributed by atoms with Crippen molar-refractivity contribution in [3.8, 4) is 0 Å². The quantitative estimate of drug-likeness (QED) is 0.770. The Kier molecular flexibility index (Phi) is 4.58. The fraction of sp³-hybridized carbons (Fsp3) is 0.769. The summed E-state index contributed by atoms with van der Waals surface area (Å²) in [6, 6.07) is 2.30. The normalized spacial score (nSPS) is 24.3. The van der Waals surface area contributed by atoms with E-state index in [1.54, 1.807) is 10.4 Å². The Morgan fingerprint density at radius 3 is 2.90 bits per heavy atom. The molecule has 1 unspecified atom stereocenters. The Labute approximate surface area is 125 Å². The molecule has 8 heteroatoms. The molecule has 7 nitrogen and oxygen atoms in total. The van der Waals surface area contributed by atoms with Crippen molar-refractivity contribution >= 4 is 10.2 Å². The van der Waals surface area contributed by atoms with E-state index in [1.807, 2.05) is 0 Å². The van der Waals surface area contributed by atoms with Crippen molar-refractivity contribution < 1.29 is 12.9 Å². The molecule has 2 fully saturated rings. The zero-order valence-electron chi connectivity index (χ0n) is 12.0. The van der Waals surface area contributed by atoms with Gasteiger partial charge in [0.2, 0.25) is 0 Å². The lowest BCUT2D eigenvalue weighted by atomic mass is 10.1. The maximum atomic E-state index is 12.5. The first-order valence-electron chi connectivity index (χ1n) is 7.54. The van der Waals surface area contributed by atoms with Gasteiger partial charge in [0.1, 0.15) is 0 Å². The van der Waals surface area contributed by atoms with Gasteiger partial charge in [0.05, 0.1) is 12.7 Å². The standard InChI is InChI=1S/C13H22N4O3S/c18-21(19,16-10-13-6-7-15-20-13)17-8-2-1-3-12(17)9-14-11-4-5-11/h6-7,11-12,14,16H,1-5,8-10H2. The average molecular weight is 314 g/mol. The van der Waals surface area contributed by atoms with Crippen LogP contribution in [0.2, 0.25) is 0 Å². The molecule has 1 saturated heterocycles. The number of nitrogens with zero attached hydrogens (tertiary/aromatic N) is 2. The summed E-state index contributed by atoms with van der Waals surface area (Å²) < 4.78 is 34.1. The molecule has 1 aliphatic carbocycles. The van der Waals surface area contributed by atoms with E-state index in [2.05, 4.69) is 15.2 Å². The molecule has 0 aromatic carbocycles. The Balaban J connectivity index is 1.59. The van der Waals surface area contributed by atoms with Crippen molar-refractivity contribution in [2.24, 2.45) is 0 Å². The van der Waals surface area contributed by atoms with E-state index >= 15 is 0 Å². The highest BCUT2D eigenvalue weighted by Gasteiger charge is 2.33. The van der Waals surface area contributed by atoms with E-state index in [0.29, 0.717) is 18.3 Å². The number of rotatable bonds is 7. The van der Waals surface area contributed by atoms with Gasteiger partial charge in [-0.15, -0.1) is 0 Å². The topological polar surface area (TPSA) is 87.5 Å². The van der Waals surface area contributed by atoms with Crippen LogP contribution < -0.4 is 10.0 Å². The first kappa shape index (κ1) is 15.0. The number of nitrogens with one attached hydrogen (secondary N) is 2. The summed E-state index contributed by atoms with van der Waals surface area (Å²) in [6.07, 6.45) is 6.86. The SMILES string of the molecule is O=S(=O)(NCc1ccno1)N1CCCCC1CNC1CC1. The molecule has 0 amide bonds. The van der Waals surface area contributed by atoms with Crippen LogP contribution in [0.3, 0.4) is 0 Å². The van der Waals surface area contributed by atoms with Gasteiger partial charge in [-0.25, -0.2) is 0 Å². The van der Waals surface area contributed by atoms with Crippen molar-refractivity contribution in [2.45, 2.75) is 50.7 Å². The summed E-state index contributed by atoms with van der Waals surface area (Å²) in [5.74, 6) is 0.517. The molecule has 1 atom stereocenters. The highest BCUT2D eigenvalue weighted by molar-refractivity contribution is 7.87. The first-order chi connectivity index (χ1) is 10.1. The maximum Gasteiger partial charge on any atom is 0.280 e. The minimum absolute atomic E-state index is 0.0478. The molecule has 2 heterocycles. The van der Waals surface area contributed by atoms with Crippen molar-refractivity contribution in [3.05, 3.63) is 18.0 Å². The zero-order chi connectivity index (χ0) is 14.7. The lowest BCUT2D eigenvalue weighted by Crippen LogP contribution is -2.52. The highest BCUT2D eigenvalue weighted by Crippen LogP contribution is 2.22. The van der Waals surface area contributed by atoms with Crippen molar-refractivity contribution in [1.29, 1.82) is 0 Å². The molecular formula is C13H22N4O3S. The van der Waals surface area contributed by atoms with Gasteiger partial charge in [0, 0.05) is 31.2 Å². The minimum Gasteiger partial charge on any atom is -0.360 e. The van der Waals surface area contributed by atoms with Gasteiger partial charge in [-0.2, -0.15) is 17.4 Å². The summed E-state index contributed by atoms with van der Waals surface area (Å²) >= 11 is 0. The van der Waals surface area contributed by atoms with Crippen LogP contribution in [0.4, 0.5) is 0 Å². The molecule has 0 radical (unpaired) electrons. The minimum atomic E-state index is -3.48. The van der Waals surface area contributed by atoms with E-state index in [9.17, 15) is 8.42 Å². The number of aromatic nitrogens is 1. The van der Waals surface area contributed by atoms with Crippen LogP contribution in [0.15, 0.2) is 16.8 Å². The van der Waals surface area contributed by atoms with E-state index in [1.165, 1.54) is 19.0 Å². The summed E-state index contributed by atoms with van der Waals surface area (Å²) in [5, 5.41) is 7.01. The van der Waals surface area contributed by atoms with Crippen LogP contribution in [0.5, 0.6) is 0 Å². The molecule has 1 saturated carbocycles. The van der Waals surface area contributed by atoms with Crippen LogP contribution in [0, 0.1) is 0 Å². The number of hydrogen-bond donors (Lipinski definition) is 2. The van der Waals surface area contributed by atoms with E-state index in [0.717, 1.165) is 25.8 Å². The van der Waals surface area contributed by atoms with Gasteiger partial charge >= 0.3 is 0 Å². The second-order valence-electron chi connectivity index (χ2n) is 5.75. The summed E-state index contributed by atoms with van der Waals surface area (Å²) in [7, 11) is -3.48. The van der Waals surface area contributed by atoms with Crippen LogP contribution in [0.1, 0.15) is 37.9 Å². The number of hydrogen-bond acceptors (Lipinski definition) is 5. The lowest BCUT2D eigenvalue weighted by molar-refractivity contribution is 0.241. The second kappa shape index (κ2) is 6.43. The molecule has 1 aromatic rings. The van der Waals surface area contributed by atoms with Crippen molar-refractivity contribution in [3.63, 3.8) is 0 Å². The van der Waals surface area contributed by atoms with Gasteiger partial charge in [0.25, 0.3) is 10.2 Å².